The van der Waals surface area contributed by atoms with Gasteiger partial charge in [-0.25, -0.2) is 4.79 Å². The number of piperazine rings is 1. The Hall–Kier alpha value is -3.55. The Labute approximate surface area is 235 Å². The molecule has 4 aliphatic rings. The second-order valence-corrected chi connectivity index (χ2v) is 12.4. The van der Waals surface area contributed by atoms with Crippen LogP contribution in [0.2, 0.25) is 0 Å². The van der Waals surface area contributed by atoms with Gasteiger partial charge in [0.15, 0.2) is 0 Å². The molecule has 1 saturated carbocycles. The van der Waals surface area contributed by atoms with Gasteiger partial charge in [0, 0.05) is 31.2 Å². The highest BCUT2D eigenvalue weighted by Gasteiger charge is 2.52. The van der Waals surface area contributed by atoms with Crippen LogP contribution in [-0.4, -0.2) is 76.5 Å². The zero-order chi connectivity index (χ0) is 28.0. The molecule has 0 aromatic heterocycles. The summed E-state index contributed by atoms with van der Waals surface area (Å²) in [5.41, 5.74) is 3.34. The number of hydrogen-bond acceptors (Lipinski definition) is 4. The molecule has 212 valence electrons. The fourth-order valence-corrected chi connectivity index (χ4v) is 7.53. The van der Waals surface area contributed by atoms with E-state index in [2.05, 4.69) is 30.9 Å². The summed E-state index contributed by atoms with van der Waals surface area (Å²) in [4.78, 5) is 44.7. The van der Waals surface area contributed by atoms with Crippen molar-refractivity contribution in [2.45, 2.75) is 69.9 Å². The highest BCUT2D eigenvalue weighted by molar-refractivity contribution is 5.90. The Morgan fingerprint density at radius 2 is 1.65 bits per heavy atom. The van der Waals surface area contributed by atoms with E-state index < -0.39 is 6.09 Å². The van der Waals surface area contributed by atoms with Crippen LogP contribution in [0.1, 0.15) is 80.5 Å². The molecule has 2 unspecified atom stereocenters. The number of amides is 3. The minimum absolute atomic E-state index is 0.00176. The van der Waals surface area contributed by atoms with Crippen molar-refractivity contribution < 1.29 is 24.2 Å². The SMILES string of the molecule is CC(C)c1ccccc1C1CN(C(=O)C2CCOc3ccccc32)CC(=O)N1C1CC2(CCN(C(=O)O)CC2)C1. The Morgan fingerprint density at radius 3 is 2.35 bits per heavy atom. The van der Waals surface area contributed by atoms with Crippen LogP contribution in [0.3, 0.4) is 0 Å². The van der Waals surface area contributed by atoms with Gasteiger partial charge in [-0.15, -0.1) is 0 Å². The number of carbonyl (C=O) groups excluding carboxylic acids is 2. The molecule has 3 heterocycles. The average Bonchev–Trinajstić information content (AvgIpc) is 2.95. The second-order valence-electron chi connectivity index (χ2n) is 12.4. The van der Waals surface area contributed by atoms with Gasteiger partial charge in [0.25, 0.3) is 0 Å². The van der Waals surface area contributed by atoms with Gasteiger partial charge in [-0.1, -0.05) is 56.3 Å². The van der Waals surface area contributed by atoms with Gasteiger partial charge in [-0.2, -0.15) is 0 Å². The number of para-hydroxylation sites is 1. The summed E-state index contributed by atoms with van der Waals surface area (Å²) in [5.74, 6) is 0.743. The highest BCUT2D eigenvalue weighted by atomic mass is 16.5. The van der Waals surface area contributed by atoms with E-state index in [1.807, 2.05) is 36.4 Å². The Balaban J connectivity index is 1.27. The summed E-state index contributed by atoms with van der Waals surface area (Å²) in [6.45, 7) is 6.52. The van der Waals surface area contributed by atoms with E-state index in [0.29, 0.717) is 32.7 Å². The van der Waals surface area contributed by atoms with E-state index in [0.717, 1.165) is 42.6 Å². The maximum atomic E-state index is 14.0. The highest BCUT2D eigenvalue weighted by Crippen LogP contribution is 2.53. The monoisotopic (exact) mass is 545 g/mol. The van der Waals surface area contributed by atoms with Crippen LogP contribution in [-0.2, 0) is 9.59 Å². The van der Waals surface area contributed by atoms with Crippen molar-refractivity contribution in [2.24, 2.45) is 5.41 Å². The molecule has 8 heteroatoms. The lowest BCUT2D eigenvalue weighted by Gasteiger charge is -2.58. The third kappa shape index (κ3) is 4.71. The predicted octanol–water partition coefficient (Wildman–Crippen LogP) is 5.01. The minimum atomic E-state index is -0.848. The van der Waals surface area contributed by atoms with Crippen LogP contribution in [0.5, 0.6) is 5.75 Å². The topological polar surface area (TPSA) is 90.4 Å². The first-order chi connectivity index (χ1) is 19.3. The molecule has 3 fully saturated rings. The normalized spacial score (nSPS) is 24.5. The first-order valence-corrected chi connectivity index (χ1v) is 14.6. The smallest absolute Gasteiger partial charge is 0.407 e. The number of carboxylic acid groups (broad SMARTS) is 1. The van der Waals surface area contributed by atoms with Gasteiger partial charge in [-0.3, -0.25) is 9.59 Å². The zero-order valence-corrected chi connectivity index (χ0v) is 23.4. The van der Waals surface area contributed by atoms with Crippen molar-refractivity contribution in [3.05, 3.63) is 65.2 Å². The average molecular weight is 546 g/mol. The molecule has 2 aromatic carbocycles. The summed E-state index contributed by atoms with van der Waals surface area (Å²) in [7, 11) is 0. The molecule has 0 radical (unpaired) electrons. The third-order valence-electron chi connectivity index (χ3n) is 9.71. The lowest BCUT2D eigenvalue weighted by Crippen LogP contribution is -2.63. The molecule has 8 nitrogen and oxygen atoms in total. The van der Waals surface area contributed by atoms with Crippen molar-refractivity contribution in [1.29, 1.82) is 0 Å². The molecule has 0 bridgehead atoms. The number of hydrogen-bond donors (Lipinski definition) is 1. The number of likely N-dealkylation sites (tertiary alicyclic amines) is 1. The Morgan fingerprint density at radius 1 is 0.975 bits per heavy atom. The van der Waals surface area contributed by atoms with E-state index in [-0.39, 0.29) is 47.7 Å². The fourth-order valence-electron chi connectivity index (χ4n) is 7.53. The van der Waals surface area contributed by atoms with Gasteiger partial charge in [0.1, 0.15) is 5.75 Å². The molecule has 40 heavy (non-hydrogen) atoms. The maximum Gasteiger partial charge on any atom is 0.407 e. The first-order valence-electron chi connectivity index (χ1n) is 14.6. The van der Waals surface area contributed by atoms with Crippen molar-refractivity contribution in [2.75, 3.05) is 32.8 Å². The lowest BCUT2D eigenvalue weighted by molar-refractivity contribution is -0.159. The van der Waals surface area contributed by atoms with Crippen LogP contribution >= 0.6 is 0 Å². The van der Waals surface area contributed by atoms with E-state index in [4.69, 9.17) is 4.74 Å². The van der Waals surface area contributed by atoms with Crippen LogP contribution in [0.25, 0.3) is 0 Å². The van der Waals surface area contributed by atoms with Crippen molar-refractivity contribution >= 4 is 17.9 Å². The van der Waals surface area contributed by atoms with E-state index in [1.54, 1.807) is 4.90 Å². The van der Waals surface area contributed by atoms with Crippen molar-refractivity contribution in [1.82, 2.24) is 14.7 Å². The van der Waals surface area contributed by atoms with Gasteiger partial charge in [0.05, 0.1) is 25.1 Å². The number of rotatable bonds is 4. The van der Waals surface area contributed by atoms with E-state index >= 15 is 0 Å². The predicted molar refractivity (Wildman–Crippen MR) is 150 cm³/mol. The standard InChI is InChI=1S/C32H39N3O5/c1-21(2)23-7-3-4-8-24(23)27-19-34(30(37)26-11-16-40-28-10-6-5-9-25(26)28)20-29(36)35(27)22-17-32(18-22)12-14-33(15-13-32)31(38)39/h3-10,21-22,26-27H,11-20H2,1-2H3,(H,38,39). The molecule has 6 rings (SSSR count). The molecule has 2 saturated heterocycles. The number of carbonyl (C=O) groups is 3. The fraction of sp³-hybridized carbons (Fsp3) is 0.531. The zero-order valence-electron chi connectivity index (χ0n) is 23.4. The van der Waals surface area contributed by atoms with Gasteiger partial charge in [-0.05, 0) is 60.6 Å². The number of nitrogens with zero attached hydrogens (tertiary/aromatic N) is 3. The molecule has 1 N–H and O–H groups in total. The maximum absolute atomic E-state index is 14.0. The summed E-state index contributed by atoms with van der Waals surface area (Å²) in [6.07, 6.45) is 3.24. The second kappa shape index (κ2) is 10.5. The van der Waals surface area contributed by atoms with Gasteiger partial charge < -0.3 is 24.5 Å². The third-order valence-corrected chi connectivity index (χ3v) is 9.71. The van der Waals surface area contributed by atoms with Crippen LogP contribution in [0.4, 0.5) is 4.79 Å². The van der Waals surface area contributed by atoms with Crippen molar-refractivity contribution in [3.8, 4) is 5.75 Å². The molecule has 3 amide bonds. The summed E-state index contributed by atoms with van der Waals surface area (Å²) in [6, 6.07) is 16.0. The summed E-state index contributed by atoms with van der Waals surface area (Å²) < 4.78 is 5.81. The van der Waals surface area contributed by atoms with Crippen LogP contribution < -0.4 is 4.74 Å². The minimum Gasteiger partial charge on any atom is -0.493 e. The number of fused-ring (bicyclic) bond motifs is 1. The van der Waals surface area contributed by atoms with Gasteiger partial charge >= 0.3 is 6.09 Å². The quantitative estimate of drug-likeness (QED) is 0.583. The Bertz CT molecular complexity index is 1290. The molecule has 3 aliphatic heterocycles. The first kappa shape index (κ1) is 26.7. The molecular weight excluding hydrogens is 506 g/mol. The molecule has 2 aromatic rings. The molecule has 1 aliphatic carbocycles. The lowest BCUT2D eigenvalue weighted by atomic mass is 9.59. The largest absolute Gasteiger partial charge is 0.493 e. The van der Waals surface area contributed by atoms with Crippen molar-refractivity contribution in [3.63, 3.8) is 0 Å². The van der Waals surface area contributed by atoms with Crippen LogP contribution in [0.15, 0.2) is 48.5 Å². The van der Waals surface area contributed by atoms with Crippen LogP contribution in [0, 0.1) is 5.41 Å². The number of benzene rings is 2. The molecule has 1 spiro atoms. The van der Waals surface area contributed by atoms with Gasteiger partial charge in [0.2, 0.25) is 11.8 Å². The van der Waals surface area contributed by atoms with E-state index in [9.17, 15) is 19.5 Å². The molecular formula is C32H39N3O5. The Kier molecular flexibility index (Phi) is 6.97. The number of piperidine rings is 1. The molecule has 2 atom stereocenters. The summed E-state index contributed by atoms with van der Waals surface area (Å²) in [5, 5.41) is 9.37. The van der Waals surface area contributed by atoms with E-state index in [1.165, 1.54) is 10.5 Å². The number of ether oxygens (including phenoxy) is 1. The summed E-state index contributed by atoms with van der Waals surface area (Å²) >= 11 is 0.